The van der Waals surface area contributed by atoms with Gasteiger partial charge in [0.1, 0.15) is 23.7 Å². The smallest absolute Gasteiger partial charge is 0.227 e. The van der Waals surface area contributed by atoms with Crippen LogP contribution in [-0.2, 0) is 18.9 Å². The second-order valence-electron chi connectivity index (χ2n) is 5.93. The summed E-state index contributed by atoms with van der Waals surface area (Å²) >= 11 is 0. The molecule has 0 aliphatic carbocycles. The zero-order valence-corrected chi connectivity index (χ0v) is 19.4. The lowest BCUT2D eigenvalue weighted by molar-refractivity contribution is -0.248. The van der Waals surface area contributed by atoms with E-state index in [1.54, 1.807) is 21.3 Å². The third-order valence-corrected chi connectivity index (χ3v) is 6.00. The summed E-state index contributed by atoms with van der Waals surface area (Å²) in [5.74, 6) is 1.69. The van der Waals surface area contributed by atoms with Crippen LogP contribution < -0.4 is 9.47 Å². The zero-order chi connectivity index (χ0) is 21.1. The predicted molar refractivity (Wildman–Crippen MR) is 114 cm³/mol. The summed E-state index contributed by atoms with van der Waals surface area (Å²) in [7, 11) is 5.67. The number of methoxy groups -OCH3 is 3. The fourth-order valence-corrected chi connectivity index (χ4v) is 5.02. The van der Waals surface area contributed by atoms with Crippen molar-refractivity contribution in [1.82, 2.24) is 0 Å². The van der Waals surface area contributed by atoms with Crippen molar-refractivity contribution < 1.29 is 28.4 Å². The maximum atomic E-state index is 6.13. The molecule has 7 unspecified atom stereocenters. The summed E-state index contributed by atoms with van der Waals surface area (Å²) in [5, 5.41) is 0. The van der Waals surface area contributed by atoms with Gasteiger partial charge < -0.3 is 28.4 Å². The van der Waals surface area contributed by atoms with Crippen LogP contribution in [0.3, 0.4) is 0 Å². The molecule has 28 heavy (non-hydrogen) atoms. The topological polar surface area (TPSA) is 55.4 Å². The number of hydrogen-bond acceptors (Lipinski definition) is 6. The SMILES string of the molecule is CC.CC.COCC1OC(Oc2ccc(OC)cc2)C2OC(C)PC2C1OC. The van der Waals surface area contributed by atoms with Crippen molar-refractivity contribution in [3.63, 3.8) is 0 Å². The molecule has 0 amide bonds. The Kier molecular flexibility index (Phi) is 12.0. The minimum absolute atomic E-state index is 0.0473. The summed E-state index contributed by atoms with van der Waals surface area (Å²) in [6, 6.07) is 7.46. The van der Waals surface area contributed by atoms with Crippen molar-refractivity contribution in [2.45, 2.75) is 70.7 Å². The van der Waals surface area contributed by atoms with Gasteiger partial charge in [-0.15, -0.1) is 0 Å². The van der Waals surface area contributed by atoms with Crippen molar-refractivity contribution >= 4 is 8.58 Å². The largest absolute Gasteiger partial charge is 0.497 e. The van der Waals surface area contributed by atoms with Gasteiger partial charge >= 0.3 is 0 Å². The highest BCUT2D eigenvalue weighted by Crippen LogP contribution is 2.47. The highest BCUT2D eigenvalue weighted by Gasteiger charge is 2.52. The molecule has 1 aromatic carbocycles. The lowest BCUT2D eigenvalue weighted by atomic mass is 10.0. The van der Waals surface area contributed by atoms with Crippen molar-refractivity contribution in [2.75, 3.05) is 27.9 Å². The van der Waals surface area contributed by atoms with Crippen LogP contribution in [0.5, 0.6) is 11.5 Å². The van der Waals surface area contributed by atoms with E-state index < -0.39 is 6.29 Å². The molecular formula is C21H37O6P. The number of ether oxygens (including phenoxy) is 6. The maximum Gasteiger partial charge on any atom is 0.227 e. The van der Waals surface area contributed by atoms with E-state index in [4.69, 9.17) is 28.4 Å². The minimum Gasteiger partial charge on any atom is -0.497 e. The molecule has 3 rings (SSSR count). The molecular weight excluding hydrogens is 379 g/mol. The predicted octanol–water partition coefficient (Wildman–Crippen LogP) is 4.30. The van der Waals surface area contributed by atoms with Gasteiger partial charge in [-0.05, 0) is 31.2 Å². The third kappa shape index (κ3) is 6.30. The first kappa shape index (κ1) is 25.1. The van der Waals surface area contributed by atoms with E-state index in [-0.39, 0.29) is 29.8 Å². The van der Waals surface area contributed by atoms with E-state index in [9.17, 15) is 0 Å². The van der Waals surface area contributed by atoms with Crippen LogP contribution in [0.2, 0.25) is 0 Å². The molecule has 0 radical (unpaired) electrons. The van der Waals surface area contributed by atoms with E-state index in [2.05, 4.69) is 6.92 Å². The van der Waals surface area contributed by atoms with Crippen LogP contribution >= 0.6 is 8.58 Å². The Morgan fingerprint density at radius 1 is 0.929 bits per heavy atom. The molecule has 0 saturated carbocycles. The van der Waals surface area contributed by atoms with Gasteiger partial charge in [0.15, 0.2) is 0 Å². The van der Waals surface area contributed by atoms with Gasteiger partial charge in [-0.3, -0.25) is 0 Å². The number of rotatable bonds is 6. The Morgan fingerprint density at radius 2 is 1.54 bits per heavy atom. The van der Waals surface area contributed by atoms with E-state index in [1.165, 1.54) is 0 Å². The van der Waals surface area contributed by atoms with Crippen LogP contribution in [0.4, 0.5) is 0 Å². The van der Waals surface area contributed by atoms with E-state index >= 15 is 0 Å². The second-order valence-corrected chi connectivity index (χ2v) is 7.74. The number of benzene rings is 1. The molecule has 0 bridgehead atoms. The van der Waals surface area contributed by atoms with Gasteiger partial charge in [0.25, 0.3) is 0 Å². The Hall–Kier alpha value is -0.910. The van der Waals surface area contributed by atoms with E-state index in [0.717, 1.165) is 11.5 Å². The molecule has 2 aliphatic rings. The maximum absolute atomic E-state index is 6.13. The Labute approximate surface area is 172 Å². The van der Waals surface area contributed by atoms with E-state index in [0.29, 0.717) is 15.2 Å². The first-order valence-electron chi connectivity index (χ1n) is 10.1. The molecule has 7 atom stereocenters. The quantitative estimate of drug-likeness (QED) is 0.645. The van der Waals surface area contributed by atoms with Crippen molar-refractivity contribution in [1.29, 1.82) is 0 Å². The van der Waals surface area contributed by atoms with Crippen molar-refractivity contribution in [3.05, 3.63) is 24.3 Å². The molecule has 0 aromatic heterocycles. The molecule has 7 heteroatoms. The number of fused-ring (bicyclic) bond motifs is 1. The van der Waals surface area contributed by atoms with Crippen molar-refractivity contribution in [2.24, 2.45) is 0 Å². The summed E-state index contributed by atoms with van der Waals surface area (Å²) < 4.78 is 34.5. The molecule has 0 spiro atoms. The lowest BCUT2D eigenvalue weighted by Gasteiger charge is -2.42. The standard InChI is InChI=1S/C17H25O6P.2C2H6/c1-10-21-15-16(24-10)14(20-4)13(9-18-2)23-17(15)22-12-7-5-11(19-3)6-8-12;2*1-2/h5-8,10,13-17,24H,9H2,1-4H3;2*1-2H3. The van der Waals surface area contributed by atoms with Crippen LogP contribution in [0.1, 0.15) is 34.6 Å². The summed E-state index contributed by atoms with van der Waals surface area (Å²) in [6.45, 7) is 10.5. The molecule has 0 N–H and O–H groups in total. The van der Waals surface area contributed by atoms with Crippen LogP contribution in [0, 0.1) is 0 Å². The van der Waals surface area contributed by atoms with E-state index in [1.807, 2.05) is 52.0 Å². The second kappa shape index (κ2) is 13.3. The van der Waals surface area contributed by atoms with Gasteiger partial charge in [-0.25, -0.2) is 0 Å². The van der Waals surface area contributed by atoms with Crippen LogP contribution in [-0.4, -0.2) is 64.0 Å². The zero-order valence-electron chi connectivity index (χ0n) is 18.4. The lowest BCUT2D eigenvalue weighted by Crippen LogP contribution is -2.58. The van der Waals surface area contributed by atoms with Crippen LogP contribution in [0.25, 0.3) is 0 Å². The van der Waals surface area contributed by atoms with Gasteiger partial charge in [0.05, 0.1) is 25.7 Å². The average Bonchev–Trinajstić information content (AvgIpc) is 3.13. The molecule has 6 nitrogen and oxygen atoms in total. The van der Waals surface area contributed by atoms with Gasteiger partial charge in [-0.2, -0.15) is 0 Å². The molecule has 162 valence electrons. The summed E-state index contributed by atoms with van der Waals surface area (Å²) in [5.41, 5.74) is 0.252. The average molecular weight is 416 g/mol. The monoisotopic (exact) mass is 416 g/mol. The highest BCUT2D eigenvalue weighted by molar-refractivity contribution is 7.40. The Morgan fingerprint density at radius 3 is 2.07 bits per heavy atom. The summed E-state index contributed by atoms with van der Waals surface area (Å²) in [4.78, 5) is 0. The van der Waals surface area contributed by atoms with Crippen molar-refractivity contribution in [3.8, 4) is 11.5 Å². The molecule has 2 saturated heterocycles. The van der Waals surface area contributed by atoms with Gasteiger partial charge in [0, 0.05) is 19.9 Å². The van der Waals surface area contributed by atoms with Gasteiger partial charge in [-0.1, -0.05) is 36.3 Å². The fourth-order valence-electron chi connectivity index (χ4n) is 3.28. The van der Waals surface area contributed by atoms with Crippen LogP contribution in [0.15, 0.2) is 24.3 Å². The number of hydrogen-bond donors (Lipinski definition) is 0. The minimum atomic E-state index is -0.479. The summed E-state index contributed by atoms with van der Waals surface area (Å²) in [6.07, 6.45) is -0.842. The Balaban J connectivity index is 0.000000921. The first-order valence-corrected chi connectivity index (χ1v) is 11.2. The normalized spacial score (nSPS) is 31.7. The molecule has 2 heterocycles. The molecule has 1 aromatic rings. The third-order valence-electron chi connectivity index (χ3n) is 4.35. The highest BCUT2D eigenvalue weighted by atomic mass is 31.1. The Bertz CT molecular complexity index is 526. The molecule has 2 fully saturated rings. The molecule has 2 aliphatic heterocycles. The van der Waals surface area contributed by atoms with Gasteiger partial charge in [0.2, 0.25) is 6.29 Å². The first-order chi connectivity index (χ1) is 13.7. The fraction of sp³-hybridized carbons (Fsp3) is 0.714.